The molecule has 0 fully saturated rings. The second-order valence-corrected chi connectivity index (χ2v) is 10.8. The summed E-state index contributed by atoms with van der Waals surface area (Å²) >= 11 is 0. The van der Waals surface area contributed by atoms with E-state index < -0.39 is 11.7 Å². The summed E-state index contributed by atoms with van der Waals surface area (Å²) in [5.74, 6) is -0.442. The maximum atomic E-state index is 14.8. The molecule has 224 valence electrons. The van der Waals surface area contributed by atoms with Crippen molar-refractivity contribution in [2.24, 2.45) is 0 Å². The molecule has 0 bridgehead atoms. The molecule has 0 saturated heterocycles. The second kappa shape index (κ2) is 14.7. The molecule has 1 aliphatic rings. The molecule has 2 aromatic carbocycles. The minimum Gasteiger partial charge on any atom is -0.383 e. The first-order valence-corrected chi connectivity index (χ1v) is 14.4. The van der Waals surface area contributed by atoms with Crippen LogP contribution in [0.25, 0.3) is 22.6 Å². The molecule has 0 radical (unpaired) electrons. The highest BCUT2D eigenvalue weighted by Gasteiger charge is 2.22. The number of nitrogens with one attached hydrogen (secondary N) is 3. The van der Waals surface area contributed by atoms with Crippen LogP contribution in [0.4, 0.5) is 10.1 Å². The Balaban J connectivity index is 1.42. The molecular formula is C31H39FN6O4. The average Bonchev–Trinajstić information content (AvgIpc) is 3.37. The number of allylic oxidation sites excluding steroid dienone is 1. The Hall–Kier alpha value is -4.09. The lowest BCUT2D eigenvalue weighted by atomic mass is 10.1. The molecule has 42 heavy (non-hydrogen) atoms. The van der Waals surface area contributed by atoms with Crippen LogP contribution in [0.15, 0.2) is 41.2 Å². The van der Waals surface area contributed by atoms with E-state index in [1.54, 1.807) is 28.2 Å². The fourth-order valence-corrected chi connectivity index (χ4v) is 4.98. The Morgan fingerprint density at radius 3 is 2.57 bits per heavy atom. The Kier molecular flexibility index (Phi) is 10.8. The summed E-state index contributed by atoms with van der Waals surface area (Å²) in [7, 11) is 4.00. The van der Waals surface area contributed by atoms with Gasteiger partial charge >= 0.3 is 0 Å². The summed E-state index contributed by atoms with van der Waals surface area (Å²) < 4.78 is 16.4. The van der Waals surface area contributed by atoms with Crippen molar-refractivity contribution >= 4 is 40.1 Å². The van der Waals surface area contributed by atoms with Gasteiger partial charge in [-0.25, -0.2) is 14.9 Å². The van der Waals surface area contributed by atoms with E-state index in [1.807, 2.05) is 32.3 Å². The Morgan fingerprint density at radius 2 is 1.83 bits per heavy atom. The fraction of sp³-hybridized carbons (Fsp3) is 0.419. The van der Waals surface area contributed by atoms with Gasteiger partial charge in [-0.15, -0.1) is 0 Å². The Bertz CT molecular complexity index is 1500. The number of benzene rings is 2. The highest BCUT2D eigenvalue weighted by molar-refractivity contribution is 5.94. The van der Waals surface area contributed by atoms with Crippen LogP contribution in [0.5, 0.6) is 0 Å². The van der Waals surface area contributed by atoms with E-state index >= 15 is 0 Å². The van der Waals surface area contributed by atoms with Crippen LogP contribution in [0.2, 0.25) is 0 Å². The molecule has 0 aliphatic carbocycles. The highest BCUT2D eigenvalue weighted by Crippen LogP contribution is 2.29. The summed E-state index contributed by atoms with van der Waals surface area (Å²) in [6.45, 7) is 2.53. The number of fused-ring (bicyclic) bond motifs is 2. The van der Waals surface area contributed by atoms with Gasteiger partial charge in [0.15, 0.2) is 0 Å². The third kappa shape index (κ3) is 8.01. The van der Waals surface area contributed by atoms with Crippen LogP contribution in [0.3, 0.4) is 0 Å². The predicted molar refractivity (Wildman–Crippen MR) is 162 cm³/mol. The zero-order valence-electron chi connectivity index (χ0n) is 24.2. The third-order valence-corrected chi connectivity index (χ3v) is 7.29. The molecule has 3 aromatic rings. The number of unbranched alkanes of at least 4 members (excludes halogenated alkanes) is 3. The maximum absolute atomic E-state index is 14.8. The Morgan fingerprint density at radius 1 is 1.07 bits per heavy atom. The monoisotopic (exact) mass is 578 g/mol. The van der Waals surface area contributed by atoms with Crippen molar-refractivity contribution < 1.29 is 19.2 Å². The number of anilines is 1. The van der Waals surface area contributed by atoms with Crippen LogP contribution in [-0.4, -0.2) is 65.2 Å². The summed E-state index contributed by atoms with van der Waals surface area (Å²) in [5, 5.41) is 14.8. The van der Waals surface area contributed by atoms with E-state index in [1.165, 1.54) is 6.07 Å². The molecule has 4 rings (SSSR count). The lowest BCUT2D eigenvalue weighted by Gasteiger charge is -2.11. The zero-order valence-corrected chi connectivity index (χ0v) is 24.2. The summed E-state index contributed by atoms with van der Waals surface area (Å²) in [5.41, 5.74) is 4.46. The molecule has 11 heteroatoms. The van der Waals surface area contributed by atoms with Crippen molar-refractivity contribution in [2.45, 2.75) is 51.5 Å². The van der Waals surface area contributed by atoms with E-state index in [0.29, 0.717) is 49.4 Å². The first-order valence-electron chi connectivity index (χ1n) is 14.4. The second-order valence-electron chi connectivity index (χ2n) is 10.8. The van der Waals surface area contributed by atoms with E-state index in [0.717, 1.165) is 43.4 Å². The van der Waals surface area contributed by atoms with Crippen molar-refractivity contribution in [3.63, 3.8) is 0 Å². The molecular weight excluding hydrogens is 539 g/mol. The molecule has 2 amide bonds. The number of hydrogen-bond donors (Lipinski definition) is 4. The minimum atomic E-state index is -0.503. The van der Waals surface area contributed by atoms with Crippen LogP contribution in [0, 0.1) is 5.82 Å². The number of nitrogens with zero attached hydrogens (tertiary/aromatic N) is 3. The average molecular weight is 579 g/mol. The highest BCUT2D eigenvalue weighted by atomic mass is 19.1. The molecule has 4 N–H and O–H groups in total. The number of aromatic nitrogens is 2. The molecule has 0 unspecified atom stereocenters. The molecule has 1 aliphatic heterocycles. The van der Waals surface area contributed by atoms with Gasteiger partial charge in [0.25, 0.3) is 11.5 Å². The first-order chi connectivity index (χ1) is 20.3. The molecule has 2 heterocycles. The smallest absolute Gasteiger partial charge is 0.261 e. The van der Waals surface area contributed by atoms with E-state index in [4.69, 9.17) is 10.2 Å². The summed E-state index contributed by atoms with van der Waals surface area (Å²) in [6.07, 6.45) is 6.87. The van der Waals surface area contributed by atoms with Crippen LogP contribution in [0.1, 0.15) is 66.7 Å². The van der Waals surface area contributed by atoms with Crippen molar-refractivity contribution in [1.82, 2.24) is 25.2 Å². The molecule has 0 spiro atoms. The number of carbonyl (C=O) groups excluding carboxylic acids is 2. The van der Waals surface area contributed by atoms with Gasteiger partial charge in [0.2, 0.25) is 5.91 Å². The number of amides is 2. The minimum absolute atomic E-state index is 0.109. The van der Waals surface area contributed by atoms with Crippen molar-refractivity contribution in [1.29, 1.82) is 0 Å². The van der Waals surface area contributed by atoms with Gasteiger partial charge in [-0.1, -0.05) is 25.0 Å². The van der Waals surface area contributed by atoms with E-state index in [2.05, 4.69) is 15.5 Å². The predicted octanol–water partition coefficient (Wildman–Crippen LogP) is 4.03. The summed E-state index contributed by atoms with van der Waals surface area (Å²) in [6, 6.07) is 10.2. The van der Waals surface area contributed by atoms with Gasteiger partial charge in [0, 0.05) is 31.6 Å². The first kappa shape index (κ1) is 30.9. The Labute approximate surface area is 244 Å². The fourth-order valence-electron chi connectivity index (χ4n) is 4.98. The number of hydrogen-bond acceptors (Lipinski definition) is 7. The molecule has 1 aromatic heterocycles. The van der Waals surface area contributed by atoms with Crippen LogP contribution >= 0.6 is 0 Å². The lowest BCUT2D eigenvalue weighted by molar-refractivity contribution is -0.129. The van der Waals surface area contributed by atoms with Gasteiger partial charge in [-0.2, -0.15) is 0 Å². The van der Waals surface area contributed by atoms with Crippen molar-refractivity contribution in [3.8, 4) is 0 Å². The van der Waals surface area contributed by atoms with Gasteiger partial charge in [0.05, 0.1) is 16.6 Å². The number of halogens is 1. The van der Waals surface area contributed by atoms with Gasteiger partial charge < -0.3 is 15.5 Å². The van der Waals surface area contributed by atoms with E-state index in [9.17, 15) is 18.8 Å². The zero-order chi connectivity index (χ0) is 30.1. The van der Waals surface area contributed by atoms with Crippen molar-refractivity contribution in [3.05, 3.63) is 69.5 Å². The standard InChI is InChI=1S/C31H39FN6O4/c1-37(2)16-7-15-34-30(40)22-11-9-21(10-12-22)18-23-13-17-38-29(23)35-26-20-27(25(32)19-24(26)31(38)41)33-14-6-4-3-5-8-28(39)36-42/h9-12,18-20,33,42H,3-8,13-17H2,1-2H3,(H,34,40)(H,36,39)/b23-18+. The lowest BCUT2D eigenvalue weighted by Crippen LogP contribution is -2.27. The molecule has 0 saturated carbocycles. The van der Waals surface area contributed by atoms with Gasteiger partial charge in [-0.05, 0) is 87.8 Å². The van der Waals surface area contributed by atoms with Crippen LogP contribution < -0.4 is 21.7 Å². The van der Waals surface area contributed by atoms with Crippen LogP contribution in [-0.2, 0) is 11.3 Å². The maximum Gasteiger partial charge on any atom is 0.261 e. The topological polar surface area (TPSA) is 129 Å². The number of hydroxylamine groups is 1. The quantitative estimate of drug-likeness (QED) is 0.129. The summed E-state index contributed by atoms with van der Waals surface area (Å²) in [4.78, 5) is 43.5. The van der Waals surface area contributed by atoms with Crippen molar-refractivity contribution in [2.75, 3.05) is 39.0 Å². The number of rotatable bonds is 14. The molecule has 10 nitrogen and oxygen atoms in total. The largest absolute Gasteiger partial charge is 0.383 e. The number of carbonyl (C=O) groups is 2. The third-order valence-electron chi connectivity index (χ3n) is 7.29. The van der Waals surface area contributed by atoms with E-state index in [-0.39, 0.29) is 29.0 Å². The molecule has 0 atom stereocenters. The van der Waals surface area contributed by atoms with Gasteiger partial charge in [0.1, 0.15) is 11.6 Å². The normalized spacial score (nSPS) is 13.5. The SMILES string of the molecule is CN(C)CCCNC(=O)c1ccc(/C=C2\CCn3c2nc2cc(NCCCCCCC(=O)NO)c(F)cc2c3=O)cc1. The van der Waals surface area contributed by atoms with Gasteiger partial charge in [-0.3, -0.25) is 24.2 Å².